The van der Waals surface area contributed by atoms with E-state index < -0.39 is 0 Å². The summed E-state index contributed by atoms with van der Waals surface area (Å²) in [5.41, 5.74) is 3.86. The number of amides is 1. The van der Waals surface area contributed by atoms with Crippen molar-refractivity contribution in [2.75, 3.05) is 14.2 Å². The average Bonchev–Trinajstić information content (AvgIpc) is 3.65. The van der Waals surface area contributed by atoms with Crippen LogP contribution in [0.3, 0.4) is 0 Å². The molecule has 34 heavy (non-hydrogen) atoms. The van der Waals surface area contributed by atoms with Gasteiger partial charge in [0, 0.05) is 18.2 Å². The van der Waals surface area contributed by atoms with E-state index in [9.17, 15) is 4.79 Å². The van der Waals surface area contributed by atoms with Crippen molar-refractivity contribution in [3.63, 3.8) is 0 Å². The molecule has 0 spiro atoms. The van der Waals surface area contributed by atoms with Crippen molar-refractivity contribution in [2.45, 2.75) is 19.0 Å². The highest BCUT2D eigenvalue weighted by molar-refractivity contribution is 7.12. The third kappa shape index (κ3) is 4.32. The van der Waals surface area contributed by atoms with Crippen LogP contribution >= 0.6 is 11.3 Å². The molecule has 0 saturated carbocycles. The van der Waals surface area contributed by atoms with Gasteiger partial charge in [-0.25, -0.2) is 5.01 Å². The van der Waals surface area contributed by atoms with Gasteiger partial charge < -0.3 is 9.47 Å². The summed E-state index contributed by atoms with van der Waals surface area (Å²) in [5, 5.41) is 12.8. The Morgan fingerprint density at radius 1 is 1.03 bits per heavy atom. The van der Waals surface area contributed by atoms with E-state index in [1.54, 1.807) is 41.4 Å². The Hall–Kier alpha value is -3.91. The molecule has 0 fully saturated rings. The van der Waals surface area contributed by atoms with Gasteiger partial charge in [-0.15, -0.1) is 11.3 Å². The van der Waals surface area contributed by atoms with E-state index in [4.69, 9.17) is 14.6 Å². The fourth-order valence-electron chi connectivity index (χ4n) is 4.09. The second-order valence-corrected chi connectivity index (χ2v) is 8.84. The summed E-state index contributed by atoms with van der Waals surface area (Å²) in [6.45, 7) is 0.0951. The number of hydrogen-bond acceptors (Lipinski definition) is 6. The molecule has 1 aliphatic heterocycles. The van der Waals surface area contributed by atoms with Crippen molar-refractivity contribution in [3.05, 3.63) is 88.9 Å². The number of aromatic nitrogens is 2. The van der Waals surface area contributed by atoms with Gasteiger partial charge in [0.05, 0.1) is 37.0 Å². The topological polar surface area (TPSA) is 69.0 Å². The van der Waals surface area contributed by atoms with Crippen LogP contribution in [0, 0.1) is 0 Å². The Balaban J connectivity index is 1.43. The van der Waals surface area contributed by atoms with Crippen LogP contribution in [-0.4, -0.2) is 40.6 Å². The summed E-state index contributed by atoms with van der Waals surface area (Å²) in [4.78, 5) is 14.5. The lowest BCUT2D eigenvalue weighted by Gasteiger charge is -2.23. The number of nitrogens with zero attached hydrogens (tertiary/aromatic N) is 4. The Bertz CT molecular complexity index is 1320. The van der Waals surface area contributed by atoms with E-state index in [0.29, 0.717) is 17.9 Å². The van der Waals surface area contributed by atoms with Crippen LogP contribution < -0.4 is 9.47 Å². The highest BCUT2D eigenvalue weighted by Gasteiger charge is 2.34. The number of carbonyl (C=O) groups excluding carboxylic acids is 1. The molecule has 1 atom stereocenters. The van der Waals surface area contributed by atoms with Crippen molar-refractivity contribution in [3.8, 4) is 22.6 Å². The van der Waals surface area contributed by atoms with Crippen LogP contribution in [0.15, 0.2) is 83.5 Å². The fraction of sp³-hybridized carbons (Fsp3) is 0.192. The van der Waals surface area contributed by atoms with Gasteiger partial charge in [0.1, 0.15) is 6.54 Å². The molecule has 1 amide bonds. The lowest BCUT2D eigenvalue weighted by Crippen LogP contribution is -2.30. The van der Waals surface area contributed by atoms with Crippen molar-refractivity contribution < 1.29 is 14.3 Å². The Labute approximate surface area is 201 Å². The van der Waals surface area contributed by atoms with Gasteiger partial charge in [0.2, 0.25) is 0 Å². The quantitative estimate of drug-likeness (QED) is 0.379. The smallest absolute Gasteiger partial charge is 0.264 e. The lowest BCUT2D eigenvalue weighted by atomic mass is 10.0. The van der Waals surface area contributed by atoms with Crippen LogP contribution in [-0.2, 0) is 11.3 Å². The molecule has 0 N–H and O–H groups in total. The number of methoxy groups -OCH3 is 2. The fourth-order valence-corrected chi connectivity index (χ4v) is 4.81. The van der Waals surface area contributed by atoms with Crippen LogP contribution in [0.2, 0.25) is 0 Å². The first-order chi connectivity index (χ1) is 16.7. The minimum atomic E-state index is -0.242. The van der Waals surface area contributed by atoms with E-state index in [1.807, 2.05) is 72.2 Å². The molecule has 5 rings (SSSR count). The normalized spacial score (nSPS) is 15.3. The van der Waals surface area contributed by atoms with Crippen LogP contribution in [0.1, 0.15) is 22.9 Å². The molecule has 4 aromatic rings. The van der Waals surface area contributed by atoms with Crippen LogP contribution in [0.5, 0.6) is 11.5 Å². The zero-order valence-corrected chi connectivity index (χ0v) is 19.7. The maximum absolute atomic E-state index is 13.4. The monoisotopic (exact) mass is 472 g/mol. The van der Waals surface area contributed by atoms with Gasteiger partial charge in [-0.3, -0.25) is 9.48 Å². The molecule has 7 nitrogen and oxygen atoms in total. The van der Waals surface area contributed by atoms with Gasteiger partial charge in [-0.05, 0) is 34.7 Å². The Morgan fingerprint density at radius 2 is 1.85 bits per heavy atom. The standard InChI is InChI=1S/C26H24N4O3S/c1-32-23-11-10-19(13-24(23)33-2)22-14-21(25-9-6-12-34-25)28-30(22)26(31)17-29-16-20(15-27-29)18-7-4-3-5-8-18/h3-13,15-16,22H,14,17H2,1-2H3. The van der Waals surface area contributed by atoms with E-state index in [1.165, 1.54) is 0 Å². The van der Waals surface area contributed by atoms with Crippen molar-refractivity contribution in [1.82, 2.24) is 14.8 Å². The molecule has 8 heteroatoms. The number of thiophene rings is 1. The maximum Gasteiger partial charge on any atom is 0.264 e. The number of ether oxygens (including phenoxy) is 2. The second-order valence-electron chi connectivity index (χ2n) is 7.89. The summed E-state index contributed by atoms with van der Waals surface area (Å²) in [6, 6.07) is 19.5. The molecule has 0 aliphatic carbocycles. The zero-order chi connectivity index (χ0) is 23.5. The number of hydrazone groups is 1. The first kappa shape index (κ1) is 21.9. The predicted octanol–water partition coefficient (Wildman–Crippen LogP) is 5.01. The van der Waals surface area contributed by atoms with Gasteiger partial charge in [-0.2, -0.15) is 10.2 Å². The van der Waals surface area contributed by atoms with Crippen molar-refractivity contribution in [2.24, 2.45) is 5.10 Å². The minimum absolute atomic E-state index is 0.0951. The number of hydrogen-bond donors (Lipinski definition) is 0. The van der Waals surface area contributed by atoms with Crippen molar-refractivity contribution in [1.29, 1.82) is 0 Å². The first-order valence-corrected chi connectivity index (χ1v) is 11.8. The van der Waals surface area contributed by atoms with Gasteiger partial charge >= 0.3 is 0 Å². The molecule has 3 heterocycles. The summed E-state index contributed by atoms with van der Waals surface area (Å²) in [5.74, 6) is 1.14. The molecule has 1 unspecified atom stereocenters. The molecule has 1 aliphatic rings. The van der Waals surface area contributed by atoms with Crippen LogP contribution in [0.25, 0.3) is 11.1 Å². The molecule has 0 bridgehead atoms. The summed E-state index contributed by atoms with van der Waals surface area (Å²) in [7, 11) is 3.21. The van der Waals surface area contributed by atoms with E-state index >= 15 is 0 Å². The number of rotatable bonds is 7. The number of benzene rings is 2. The van der Waals surface area contributed by atoms with E-state index in [-0.39, 0.29) is 18.5 Å². The molecule has 172 valence electrons. The SMILES string of the molecule is COc1ccc(C2CC(c3cccs3)=NN2C(=O)Cn2cc(-c3ccccc3)cn2)cc1OC. The van der Waals surface area contributed by atoms with Crippen molar-refractivity contribution >= 4 is 23.0 Å². The Morgan fingerprint density at radius 3 is 2.59 bits per heavy atom. The third-order valence-corrected chi connectivity index (χ3v) is 6.72. The highest BCUT2D eigenvalue weighted by atomic mass is 32.1. The van der Waals surface area contributed by atoms with Gasteiger partial charge in [0.25, 0.3) is 5.91 Å². The maximum atomic E-state index is 13.4. The van der Waals surface area contributed by atoms with E-state index in [0.717, 1.165) is 27.3 Å². The first-order valence-electron chi connectivity index (χ1n) is 10.9. The molecule has 2 aromatic carbocycles. The number of carbonyl (C=O) groups is 1. The Kier molecular flexibility index (Phi) is 6.14. The highest BCUT2D eigenvalue weighted by Crippen LogP contribution is 2.38. The largest absolute Gasteiger partial charge is 0.493 e. The molecule has 2 aromatic heterocycles. The molecule has 0 saturated heterocycles. The lowest BCUT2D eigenvalue weighted by molar-refractivity contribution is -0.133. The molecular formula is C26H24N4O3S. The zero-order valence-electron chi connectivity index (χ0n) is 18.9. The third-order valence-electron chi connectivity index (χ3n) is 5.80. The van der Waals surface area contributed by atoms with Crippen LogP contribution in [0.4, 0.5) is 0 Å². The summed E-state index contributed by atoms with van der Waals surface area (Å²) >= 11 is 1.62. The van der Waals surface area contributed by atoms with Gasteiger partial charge in [0.15, 0.2) is 11.5 Å². The summed E-state index contributed by atoms with van der Waals surface area (Å²) < 4.78 is 12.5. The summed E-state index contributed by atoms with van der Waals surface area (Å²) in [6.07, 6.45) is 4.29. The molecular weight excluding hydrogens is 448 g/mol. The molecule has 0 radical (unpaired) electrons. The average molecular weight is 473 g/mol. The predicted molar refractivity (Wildman–Crippen MR) is 132 cm³/mol. The second kappa shape index (κ2) is 9.52. The minimum Gasteiger partial charge on any atom is -0.493 e. The van der Waals surface area contributed by atoms with E-state index in [2.05, 4.69) is 5.10 Å². The van der Waals surface area contributed by atoms with Gasteiger partial charge in [-0.1, -0.05) is 42.5 Å².